The van der Waals surface area contributed by atoms with Crippen molar-refractivity contribution in [3.63, 3.8) is 0 Å². The highest BCUT2D eigenvalue weighted by Gasteiger charge is 2.40. The highest BCUT2D eigenvalue weighted by molar-refractivity contribution is 5.90. The van der Waals surface area contributed by atoms with Gasteiger partial charge in [-0.05, 0) is 24.0 Å². The molecule has 126 valence electrons. The summed E-state index contributed by atoms with van der Waals surface area (Å²) < 4.78 is 0. The predicted molar refractivity (Wildman–Crippen MR) is 92.2 cm³/mol. The van der Waals surface area contributed by atoms with Crippen LogP contribution in [0.2, 0.25) is 0 Å². The lowest BCUT2D eigenvalue weighted by Crippen LogP contribution is -2.47. The van der Waals surface area contributed by atoms with Crippen molar-refractivity contribution in [1.82, 2.24) is 5.32 Å². The summed E-state index contributed by atoms with van der Waals surface area (Å²) in [5.74, 6) is -0.399. The average molecular weight is 325 g/mol. The van der Waals surface area contributed by atoms with E-state index in [4.69, 9.17) is 0 Å². The van der Waals surface area contributed by atoms with Crippen molar-refractivity contribution in [2.24, 2.45) is 5.92 Å². The summed E-state index contributed by atoms with van der Waals surface area (Å²) in [7, 11) is 0. The van der Waals surface area contributed by atoms with Crippen LogP contribution in [0.3, 0.4) is 0 Å². The molecule has 0 heterocycles. The van der Waals surface area contributed by atoms with Crippen molar-refractivity contribution < 1.29 is 15.0 Å². The lowest BCUT2D eigenvalue weighted by atomic mass is 9.85. The molecule has 0 aliphatic heterocycles. The maximum atomic E-state index is 12.9. The molecular weight excluding hydrogens is 302 g/mol. The number of benzene rings is 2. The lowest BCUT2D eigenvalue weighted by molar-refractivity contribution is -0.137. The van der Waals surface area contributed by atoms with Gasteiger partial charge in [-0.15, -0.1) is 0 Å². The quantitative estimate of drug-likeness (QED) is 0.789. The van der Waals surface area contributed by atoms with Crippen molar-refractivity contribution in [2.45, 2.75) is 31.0 Å². The first kappa shape index (κ1) is 16.7. The smallest absolute Gasteiger partial charge is 0.261 e. The minimum atomic E-state index is -1.74. The number of carbonyl (C=O) groups is 1. The second kappa shape index (κ2) is 7.16. The average Bonchev–Trinajstić information content (AvgIpc) is 3.05. The summed E-state index contributed by atoms with van der Waals surface area (Å²) in [5.41, 5.74) is -0.687. The number of hydrogen-bond acceptors (Lipinski definition) is 3. The number of nitrogens with one attached hydrogen (secondary N) is 1. The number of aliphatic hydroxyl groups excluding tert-OH is 1. The fraction of sp³-hybridized carbons (Fsp3) is 0.350. The molecule has 0 bridgehead atoms. The van der Waals surface area contributed by atoms with Gasteiger partial charge in [-0.1, -0.05) is 67.1 Å². The molecule has 1 saturated carbocycles. The van der Waals surface area contributed by atoms with Crippen molar-refractivity contribution in [3.05, 3.63) is 71.8 Å². The van der Waals surface area contributed by atoms with Crippen LogP contribution in [0.4, 0.5) is 0 Å². The summed E-state index contributed by atoms with van der Waals surface area (Å²) in [4.78, 5) is 12.9. The second-order valence-corrected chi connectivity index (χ2v) is 6.41. The summed E-state index contributed by atoms with van der Waals surface area (Å²) in [6, 6.07) is 17.9. The van der Waals surface area contributed by atoms with E-state index in [1.165, 1.54) is 0 Å². The molecule has 1 fully saturated rings. The molecule has 2 atom stereocenters. The Morgan fingerprint density at radius 3 is 2.00 bits per heavy atom. The number of aliphatic hydroxyl groups is 2. The first-order valence-corrected chi connectivity index (χ1v) is 8.42. The fourth-order valence-electron chi connectivity index (χ4n) is 3.39. The Morgan fingerprint density at radius 1 is 1.00 bits per heavy atom. The summed E-state index contributed by atoms with van der Waals surface area (Å²) in [5, 5.41) is 24.1. The number of amides is 1. The molecule has 0 spiro atoms. The van der Waals surface area contributed by atoms with E-state index in [0.717, 1.165) is 19.3 Å². The zero-order chi connectivity index (χ0) is 17.0. The number of hydrogen-bond donors (Lipinski definition) is 3. The minimum Gasteiger partial charge on any atom is -0.393 e. The van der Waals surface area contributed by atoms with Gasteiger partial charge >= 0.3 is 0 Å². The van der Waals surface area contributed by atoms with Crippen LogP contribution in [-0.2, 0) is 10.4 Å². The van der Waals surface area contributed by atoms with Gasteiger partial charge < -0.3 is 15.5 Å². The van der Waals surface area contributed by atoms with E-state index in [1.807, 2.05) is 12.1 Å². The molecule has 24 heavy (non-hydrogen) atoms. The van der Waals surface area contributed by atoms with Crippen molar-refractivity contribution in [2.75, 3.05) is 6.54 Å². The molecule has 2 aromatic carbocycles. The zero-order valence-corrected chi connectivity index (χ0v) is 13.6. The van der Waals surface area contributed by atoms with Crippen molar-refractivity contribution in [3.8, 4) is 0 Å². The normalized spacial score (nSPS) is 20.8. The Morgan fingerprint density at radius 2 is 1.54 bits per heavy atom. The van der Waals surface area contributed by atoms with Crippen LogP contribution in [0.1, 0.15) is 30.4 Å². The summed E-state index contributed by atoms with van der Waals surface area (Å²) >= 11 is 0. The first-order chi connectivity index (χ1) is 11.6. The number of carbonyl (C=O) groups excluding carboxylic acids is 1. The standard InChI is InChI=1S/C20H23NO3/c22-18-13-7-8-15(18)14-21-19(23)20(24,16-9-3-1-4-10-16)17-11-5-2-6-12-17/h1-6,9-12,15,18,22,24H,7-8,13-14H2,(H,21,23)/t15-,18-/m1/s1. The van der Waals surface area contributed by atoms with Crippen molar-refractivity contribution >= 4 is 5.91 Å². The van der Waals surface area contributed by atoms with Gasteiger partial charge in [0.25, 0.3) is 5.91 Å². The van der Waals surface area contributed by atoms with E-state index in [0.29, 0.717) is 17.7 Å². The predicted octanol–water partition coefficient (Wildman–Crippen LogP) is 2.20. The Labute approximate surface area is 142 Å². The van der Waals surface area contributed by atoms with Crippen LogP contribution in [0, 0.1) is 5.92 Å². The van der Waals surface area contributed by atoms with E-state index in [2.05, 4.69) is 5.32 Å². The third kappa shape index (κ3) is 3.21. The SMILES string of the molecule is O=C(NC[C@H]1CCC[C@H]1O)C(O)(c1ccccc1)c1ccccc1. The first-order valence-electron chi connectivity index (χ1n) is 8.42. The molecule has 1 aliphatic rings. The molecule has 3 N–H and O–H groups in total. The van der Waals surface area contributed by atoms with Gasteiger partial charge in [0.2, 0.25) is 0 Å². The highest BCUT2D eigenvalue weighted by atomic mass is 16.3. The van der Waals surface area contributed by atoms with Gasteiger partial charge in [0, 0.05) is 12.5 Å². The Bertz CT molecular complexity index is 632. The Hall–Kier alpha value is -2.17. The van der Waals surface area contributed by atoms with Gasteiger partial charge in [0.1, 0.15) is 0 Å². The minimum absolute atomic E-state index is 0.0600. The third-order valence-corrected chi connectivity index (χ3v) is 4.86. The van der Waals surface area contributed by atoms with Crippen LogP contribution in [0.15, 0.2) is 60.7 Å². The maximum absolute atomic E-state index is 12.9. The molecule has 4 nitrogen and oxygen atoms in total. The molecular formula is C20H23NO3. The van der Waals surface area contributed by atoms with E-state index < -0.39 is 11.5 Å². The van der Waals surface area contributed by atoms with E-state index in [-0.39, 0.29) is 12.0 Å². The van der Waals surface area contributed by atoms with Crippen LogP contribution < -0.4 is 5.32 Å². The van der Waals surface area contributed by atoms with E-state index >= 15 is 0 Å². The fourth-order valence-corrected chi connectivity index (χ4v) is 3.39. The van der Waals surface area contributed by atoms with Crippen LogP contribution in [-0.4, -0.2) is 28.8 Å². The molecule has 4 heteroatoms. The van der Waals surface area contributed by atoms with Crippen LogP contribution in [0.5, 0.6) is 0 Å². The van der Waals surface area contributed by atoms with Crippen molar-refractivity contribution in [1.29, 1.82) is 0 Å². The molecule has 0 aromatic heterocycles. The van der Waals surface area contributed by atoms with Gasteiger partial charge in [-0.25, -0.2) is 0 Å². The molecule has 2 aromatic rings. The molecule has 0 unspecified atom stereocenters. The largest absolute Gasteiger partial charge is 0.393 e. The monoisotopic (exact) mass is 325 g/mol. The molecule has 1 amide bonds. The van der Waals surface area contributed by atoms with Gasteiger partial charge in [-0.3, -0.25) is 4.79 Å². The lowest BCUT2D eigenvalue weighted by Gasteiger charge is -2.29. The van der Waals surface area contributed by atoms with Crippen LogP contribution >= 0.6 is 0 Å². The topological polar surface area (TPSA) is 69.6 Å². The summed E-state index contributed by atoms with van der Waals surface area (Å²) in [6.07, 6.45) is 2.29. The summed E-state index contributed by atoms with van der Waals surface area (Å²) in [6.45, 7) is 0.377. The zero-order valence-electron chi connectivity index (χ0n) is 13.6. The maximum Gasteiger partial charge on any atom is 0.261 e. The molecule has 3 rings (SSSR count). The van der Waals surface area contributed by atoms with Gasteiger partial charge in [-0.2, -0.15) is 0 Å². The van der Waals surface area contributed by atoms with Crippen LogP contribution in [0.25, 0.3) is 0 Å². The molecule has 1 aliphatic carbocycles. The second-order valence-electron chi connectivity index (χ2n) is 6.41. The Kier molecular flexibility index (Phi) is 4.97. The highest BCUT2D eigenvalue weighted by Crippen LogP contribution is 2.30. The third-order valence-electron chi connectivity index (χ3n) is 4.86. The van der Waals surface area contributed by atoms with Gasteiger partial charge in [0.15, 0.2) is 5.60 Å². The van der Waals surface area contributed by atoms with Gasteiger partial charge in [0.05, 0.1) is 6.10 Å². The molecule has 0 radical (unpaired) electrons. The molecule has 0 saturated heterocycles. The van der Waals surface area contributed by atoms with E-state index in [1.54, 1.807) is 48.5 Å². The Balaban J connectivity index is 1.86. The van der Waals surface area contributed by atoms with E-state index in [9.17, 15) is 15.0 Å². The number of rotatable bonds is 5.